The highest BCUT2D eigenvalue weighted by atomic mass is 28.3. The van der Waals surface area contributed by atoms with Crippen molar-refractivity contribution in [2.45, 2.75) is 49.9 Å². The second-order valence-corrected chi connectivity index (χ2v) is 9.57. The number of hydrogen-bond donors (Lipinski definition) is 0. The Balaban J connectivity index is 2.93. The fourth-order valence-electron chi connectivity index (χ4n) is 3.21. The Kier molecular flexibility index (Phi) is 3.54. The van der Waals surface area contributed by atoms with Gasteiger partial charge < -0.3 is 0 Å². The monoisotopic (exact) mass is 194 g/mol. The van der Waals surface area contributed by atoms with E-state index in [1.54, 1.807) is 0 Å². The summed E-state index contributed by atoms with van der Waals surface area (Å²) >= 11 is 0. The molecule has 2 unspecified atom stereocenters. The minimum absolute atomic E-state index is 0.852. The van der Waals surface area contributed by atoms with E-state index >= 15 is 0 Å². The van der Waals surface area contributed by atoms with E-state index in [1.165, 1.54) is 24.9 Å². The lowest BCUT2D eigenvalue weighted by molar-refractivity contribution is 0.824. The lowest BCUT2D eigenvalue weighted by Crippen LogP contribution is -2.37. The minimum Gasteiger partial charge on any atom is -0.103 e. The summed E-state index contributed by atoms with van der Waals surface area (Å²) in [5.41, 5.74) is 1.70. The van der Waals surface area contributed by atoms with E-state index in [2.05, 4.69) is 39.2 Å². The fraction of sp³-hybridized carbons (Fsp3) is 0.667. The molecule has 13 heavy (non-hydrogen) atoms. The molecular weight excluding hydrogens is 172 g/mol. The predicted octanol–water partition coefficient (Wildman–Crippen LogP) is 4.38. The summed E-state index contributed by atoms with van der Waals surface area (Å²) in [5.74, 6) is 0. The van der Waals surface area contributed by atoms with E-state index in [4.69, 9.17) is 0 Å². The van der Waals surface area contributed by atoms with Crippen LogP contribution in [0.2, 0.25) is 23.2 Å². The third-order valence-electron chi connectivity index (χ3n) is 4.15. The van der Waals surface area contributed by atoms with Crippen LogP contribution in [-0.4, -0.2) is 8.07 Å². The van der Waals surface area contributed by atoms with Gasteiger partial charge in [-0.25, -0.2) is 0 Å². The lowest BCUT2D eigenvalue weighted by atomic mass is 10.2. The van der Waals surface area contributed by atoms with E-state index in [9.17, 15) is 0 Å². The van der Waals surface area contributed by atoms with Crippen molar-refractivity contribution in [1.29, 1.82) is 0 Å². The van der Waals surface area contributed by atoms with Gasteiger partial charge in [0.05, 0.1) is 8.07 Å². The van der Waals surface area contributed by atoms with Crippen molar-refractivity contribution in [2.75, 3.05) is 0 Å². The van der Waals surface area contributed by atoms with E-state index in [1.807, 2.05) is 0 Å². The zero-order valence-corrected chi connectivity index (χ0v) is 10.1. The summed E-state index contributed by atoms with van der Waals surface area (Å²) < 4.78 is 0. The molecule has 1 fully saturated rings. The fourth-order valence-corrected chi connectivity index (χ4v) is 8.78. The van der Waals surface area contributed by atoms with Crippen LogP contribution in [0.3, 0.4) is 0 Å². The summed E-state index contributed by atoms with van der Waals surface area (Å²) in [7, 11) is -1.08. The van der Waals surface area contributed by atoms with E-state index < -0.39 is 8.07 Å². The van der Waals surface area contributed by atoms with Gasteiger partial charge in [-0.1, -0.05) is 38.1 Å². The minimum atomic E-state index is -1.08. The van der Waals surface area contributed by atoms with Gasteiger partial charge >= 0.3 is 0 Å². The summed E-state index contributed by atoms with van der Waals surface area (Å²) in [4.78, 5) is 0. The summed E-state index contributed by atoms with van der Waals surface area (Å²) in [6.45, 7) is 12.7. The molecule has 0 amide bonds. The predicted molar refractivity (Wildman–Crippen MR) is 63.8 cm³/mol. The zero-order valence-electron chi connectivity index (χ0n) is 9.05. The first-order valence-electron chi connectivity index (χ1n) is 5.50. The Morgan fingerprint density at radius 1 is 1.08 bits per heavy atom. The molecule has 0 aromatic heterocycles. The van der Waals surface area contributed by atoms with Gasteiger partial charge in [0.2, 0.25) is 0 Å². The molecular formula is C12H22Si. The Bertz CT molecular complexity index is 173. The average molecular weight is 194 g/mol. The van der Waals surface area contributed by atoms with Crippen LogP contribution >= 0.6 is 0 Å². The SMILES string of the molecule is C=CC1CCC(C=C)[Si]1(CC)CC. The van der Waals surface area contributed by atoms with Crippen molar-refractivity contribution in [3.63, 3.8) is 0 Å². The molecule has 2 atom stereocenters. The van der Waals surface area contributed by atoms with Crippen molar-refractivity contribution in [3.05, 3.63) is 25.3 Å². The third-order valence-corrected chi connectivity index (χ3v) is 10.8. The molecule has 0 nitrogen and oxygen atoms in total. The quantitative estimate of drug-likeness (QED) is 0.460. The largest absolute Gasteiger partial charge is 0.103 e. The lowest BCUT2D eigenvalue weighted by Gasteiger charge is -2.34. The molecule has 1 heterocycles. The maximum absolute atomic E-state index is 4.00. The van der Waals surface area contributed by atoms with Crippen LogP contribution in [0.15, 0.2) is 25.3 Å². The van der Waals surface area contributed by atoms with E-state index in [0.29, 0.717) is 0 Å². The van der Waals surface area contributed by atoms with Gasteiger partial charge in [-0.3, -0.25) is 0 Å². The highest BCUT2D eigenvalue weighted by Gasteiger charge is 2.46. The Hall–Kier alpha value is -0.303. The van der Waals surface area contributed by atoms with Gasteiger partial charge in [0.15, 0.2) is 0 Å². The molecule has 1 heteroatoms. The van der Waals surface area contributed by atoms with Crippen molar-refractivity contribution >= 4 is 8.07 Å². The van der Waals surface area contributed by atoms with Crippen LogP contribution in [0.4, 0.5) is 0 Å². The van der Waals surface area contributed by atoms with Gasteiger partial charge in [0, 0.05) is 0 Å². The summed E-state index contributed by atoms with van der Waals surface area (Å²) in [6, 6.07) is 2.80. The van der Waals surface area contributed by atoms with E-state index in [-0.39, 0.29) is 0 Å². The van der Waals surface area contributed by atoms with Gasteiger partial charge in [-0.2, -0.15) is 0 Å². The van der Waals surface area contributed by atoms with Crippen LogP contribution in [0.5, 0.6) is 0 Å². The summed E-state index contributed by atoms with van der Waals surface area (Å²) in [5, 5.41) is 0. The molecule has 74 valence electrons. The molecule has 0 spiro atoms. The van der Waals surface area contributed by atoms with E-state index in [0.717, 1.165) is 11.1 Å². The smallest absolute Gasteiger partial charge is 0.0667 e. The first-order chi connectivity index (χ1) is 6.25. The molecule has 0 N–H and O–H groups in total. The molecule has 0 radical (unpaired) electrons. The van der Waals surface area contributed by atoms with Crippen molar-refractivity contribution in [2.24, 2.45) is 0 Å². The van der Waals surface area contributed by atoms with Crippen LogP contribution in [-0.2, 0) is 0 Å². The van der Waals surface area contributed by atoms with Gasteiger partial charge in [0.25, 0.3) is 0 Å². The first kappa shape index (κ1) is 10.8. The second-order valence-electron chi connectivity index (χ2n) is 4.20. The van der Waals surface area contributed by atoms with Crippen LogP contribution in [0, 0.1) is 0 Å². The Morgan fingerprint density at radius 2 is 1.46 bits per heavy atom. The number of allylic oxidation sites excluding steroid dienone is 2. The van der Waals surface area contributed by atoms with Crippen molar-refractivity contribution in [1.82, 2.24) is 0 Å². The molecule has 1 rings (SSSR count). The molecule has 0 saturated carbocycles. The Morgan fingerprint density at radius 3 is 1.69 bits per heavy atom. The molecule has 0 aromatic carbocycles. The Labute approximate surface area is 83.7 Å². The zero-order chi connectivity index (χ0) is 9.90. The van der Waals surface area contributed by atoms with Crippen LogP contribution < -0.4 is 0 Å². The van der Waals surface area contributed by atoms with Crippen LogP contribution in [0.25, 0.3) is 0 Å². The topological polar surface area (TPSA) is 0 Å². The van der Waals surface area contributed by atoms with Crippen LogP contribution in [0.1, 0.15) is 26.7 Å². The molecule has 0 bridgehead atoms. The maximum Gasteiger partial charge on any atom is 0.0667 e. The van der Waals surface area contributed by atoms with Crippen molar-refractivity contribution in [3.8, 4) is 0 Å². The second kappa shape index (κ2) is 4.27. The van der Waals surface area contributed by atoms with Gasteiger partial charge in [-0.15, -0.1) is 13.2 Å². The maximum atomic E-state index is 4.00. The first-order valence-corrected chi connectivity index (χ1v) is 8.07. The molecule has 0 aliphatic carbocycles. The summed E-state index contributed by atoms with van der Waals surface area (Å²) in [6.07, 6.45) is 7.19. The molecule has 1 saturated heterocycles. The van der Waals surface area contributed by atoms with Crippen molar-refractivity contribution < 1.29 is 0 Å². The average Bonchev–Trinajstić information content (AvgIpc) is 2.55. The third kappa shape index (κ3) is 1.54. The highest BCUT2D eigenvalue weighted by Crippen LogP contribution is 2.52. The molecule has 1 aliphatic rings. The standard InChI is InChI=1S/C12H22Si/c1-5-11-9-10-12(6-2)13(11,7-3)8-4/h5-6,11-12H,1-2,7-10H2,3-4H3. The van der Waals surface area contributed by atoms with Gasteiger partial charge in [-0.05, 0) is 23.9 Å². The number of hydrogen-bond acceptors (Lipinski definition) is 0. The normalized spacial score (nSPS) is 31.5. The molecule has 0 aromatic rings. The van der Waals surface area contributed by atoms with Gasteiger partial charge in [0.1, 0.15) is 0 Å². The highest BCUT2D eigenvalue weighted by molar-refractivity contribution is 6.84. The molecule has 1 aliphatic heterocycles. The number of rotatable bonds is 4.